The van der Waals surface area contributed by atoms with Gasteiger partial charge in [-0.05, 0) is 79.6 Å². The van der Waals surface area contributed by atoms with Crippen LogP contribution >= 0.6 is 0 Å². The number of benzene rings is 3. The number of hydrogen-bond acceptors (Lipinski definition) is 9. The first kappa shape index (κ1) is 43.0. The highest BCUT2D eigenvalue weighted by molar-refractivity contribution is 7.90. The standard InChI is InChI=1S/C46H47F3N8O6S/c1-27-5-12-38(45(59)52-27)57-25-31-20-33(22-39(63-2)40(31)46(57)60)55-18-16-54(17-19-55)14-3-4-28-6-8-29(9-7-28)30-21-34-35(24-51-44(34)50-23-30)43(58)41-36(48)10-11-37(42(41)49)53-64(61,62)56-15-13-32(47)26-56/h6-11,20-24,32,38,53H,1,3-5,12-19,25-26H2,2H3,(H,50,51)(H,52,59)/t32-,38?/m1/s1. The van der Waals surface area contributed by atoms with Gasteiger partial charge in [-0.15, -0.1) is 0 Å². The van der Waals surface area contributed by atoms with Crippen LogP contribution in [0.15, 0.2) is 79.3 Å². The van der Waals surface area contributed by atoms with Crippen molar-refractivity contribution in [1.29, 1.82) is 0 Å². The van der Waals surface area contributed by atoms with Crippen LogP contribution in [-0.4, -0.2) is 115 Å². The van der Waals surface area contributed by atoms with E-state index in [0.717, 1.165) is 84.4 Å². The molecule has 2 amide bonds. The number of methoxy groups -OCH3 is 1. The number of aromatic nitrogens is 2. The zero-order valence-corrected chi connectivity index (χ0v) is 35.9. The van der Waals surface area contributed by atoms with E-state index in [9.17, 15) is 27.2 Å². The Hall–Kier alpha value is -6.24. The van der Waals surface area contributed by atoms with Crippen LogP contribution in [0.1, 0.15) is 63.1 Å². The van der Waals surface area contributed by atoms with E-state index in [0.29, 0.717) is 53.0 Å². The number of carbonyl (C=O) groups is 3. The largest absolute Gasteiger partial charge is 0.496 e. The van der Waals surface area contributed by atoms with E-state index in [-0.39, 0.29) is 36.9 Å². The topological polar surface area (TPSA) is 160 Å². The van der Waals surface area contributed by atoms with E-state index in [1.807, 2.05) is 35.1 Å². The van der Waals surface area contributed by atoms with Gasteiger partial charge in [-0.25, -0.2) is 18.2 Å². The lowest BCUT2D eigenvalue weighted by Crippen LogP contribution is -2.49. The molecule has 3 N–H and O–H groups in total. The van der Waals surface area contributed by atoms with Gasteiger partial charge in [0.05, 0.1) is 23.9 Å². The minimum atomic E-state index is -4.35. The van der Waals surface area contributed by atoms with Gasteiger partial charge in [-0.3, -0.25) is 24.0 Å². The smallest absolute Gasteiger partial charge is 0.301 e. The lowest BCUT2D eigenvalue weighted by atomic mass is 9.99. The van der Waals surface area contributed by atoms with Gasteiger partial charge < -0.3 is 24.8 Å². The molecule has 0 saturated carbocycles. The van der Waals surface area contributed by atoms with E-state index in [1.54, 1.807) is 24.3 Å². The average Bonchev–Trinajstić information content (AvgIpc) is 4.02. The number of ether oxygens (including phenoxy) is 1. The van der Waals surface area contributed by atoms with Crippen molar-refractivity contribution in [3.63, 3.8) is 0 Å². The summed E-state index contributed by atoms with van der Waals surface area (Å²) in [5.74, 6) is -3.43. The quantitative estimate of drug-likeness (QED) is 0.122. The number of anilines is 2. The molecule has 3 aromatic carbocycles. The highest BCUT2D eigenvalue weighted by Crippen LogP contribution is 2.38. The molecule has 64 heavy (non-hydrogen) atoms. The van der Waals surface area contributed by atoms with Gasteiger partial charge in [0.25, 0.3) is 5.91 Å². The fourth-order valence-corrected chi connectivity index (χ4v) is 10.4. The second kappa shape index (κ2) is 17.4. The summed E-state index contributed by atoms with van der Waals surface area (Å²) in [5, 5.41) is 3.12. The maximum absolute atomic E-state index is 15.7. The van der Waals surface area contributed by atoms with E-state index in [1.165, 1.54) is 6.20 Å². The summed E-state index contributed by atoms with van der Waals surface area (Å²) in [6, 6.07) is 14.9. The highest BCUT2D eigenvalue weighted by atomic mass is 32.2. The highest BCUT2D eigenvalue weighted by Gasteiger charge is 2.40. The first-order valence-corrected chi connectivity index (χ1v) is 22.7. The Morgan fingerprint density at radius 2 is 1.78 bits per heavy atom. The number of nitrogens with zero attached hydrogens (tertiary/aromatic N) is 5. The monoisotopic (exact) mass is 896 g/mol. The molecule has 14 nitrogen and oxygen atoms in total. The van der Waals surface area contributed by atoms with E-state index >= 15 is 8.78 Å². The number of piperidine rings is 1. The molecule has 0 spiro atoms. The first-order valence-electron chi connectivity index (χ1n) is 21.3. The van der Waals surface area contributed by atoms with Crippen LogP contribution in [0.4, 0.5) is 24.5 Å². The van der Waals surface area contributed by atoms with Crippen LogP contribution in [0.3, 0.4) is 0 Å². The number of pyridine rings is 1. The molecule has 1 unspecified atom stereocenters. The van der Waals surface area contributed by atoms with Gasteiger partial charge in [0.2, 0.25) is 11.7 Å². The van der Waals surface area contributed by atoms with Crippen molar-refractivity contribution in [3.8, 4) is 16.9 Å². The Morgan fingerprint density at radius 3 is 2.50 bits per heavy atom. The molecule has 9 rings (SSSR count). The molecule has 2 atom stereocenters. The van der Waals surface area contributed by atoms with Crippen molar-refractivity contribution in [3.05, 3.63) is 119 Å². The number of amides is 2. The van der Waals surface area contributed by atoms with Crippen LogP contribution in [-0.2, 0) is 28.0 Å². The molecule has 0 bridgehead atoms. The summed E-state index contributed by atoms with van der Waals surface area (Å²) >= 11 is 0. The Kier molecular flexibility index (Phi) is 11.7. The molecular weight excluding hydrogens is 850 g/mol. The van der Waals surface area contributed by atoms with Gasteiger partial charge in [-0.2, -0.15) is 12.7 Å². The third kappa shape index (κ3) is 8.32. The molecule has 18 heteroatoms. The summed E-state index contributed by atoms with van der Waals surface area (Å²) < 4.78 is 78.7. The maximum atomic E-state index is 15.7. The lowest BCUT2D eigenvalue weighted by Gasteiger charge is -2.36. The van der Waals surface area contributed by atoms with Crippen molar-refractivity contribution in [1.82, 2.24) is 29.4 Å². The molecule has 4 aliphatic heterocycles. The summed E-state index contributed by atoms with van der Waals surface area (Å²) in [6.45, 7) is 8.02. The molecule has 3 fully saturated rings. The van der Waals surface area contributed by atoms with Crippen LogP contribution in [0.2, 0.25) is 0 Å². The molecular formula is C46H47F3N8O6S. The predicted molar refractivity (Wildman–Crippen MR) is 235 cm³/mol. The van der Waals surface area contributed by atoms with Crippen molar-refractivity contribution < 1.29 is 40.7 Å². The Morgan fingerprint density at radius 1 is 1.00 bits per heavy atom. The number of nitrogens with one attached hydrogen (secondary N) is 3. The Balaban J connectivity index is 0.802. The SMILES string of the molecule is C=C1CCC(N2Cc3cc(N4CCN(CCCc5ccc(-c6cnc7[nH]cc(C(=O)c8c(F)ccc(NS(=O)(=O)N9CC[C@@H](F)C9)c8F)c7c6)cc5)CC4)cc(OC)c3C2=O)C(=O)N1. The van der Waals surface area contributed by atoms with Gasteiger partial charge in [-0.1, -0.05) is 30.8 Å². The minimum absolute atomic E-state index is 0.00282. The number of hydrogen-bond donors (Lipinski definition) is 3. The summed E-state index contributed by atoms with van der Waals surface area (Å²) in [7, 11) is -2.79. The molecule has 4 aliphatic rings. The second-order valence-electron chi connectivity index (χ2n) is 16.7. The van der Waals surface area contributed by atoms with Gasteiger partial charge in [0.1, 0.15) is 29.4 Å². The number of aryl methyl sites for hydroxylation is 1. The fourth-order valence-electron chi connectivity index (χ4n) is 9.11. The number of aromatic amines is 1. The summed E-state index contributed by atoms with van der Waals surface area (Å²) in [6.07, 6.45) is 4.58. The molecule has 6 heterocycles. The maximum Gasteiger partial charge on any atom is 0.301 e. The zero-order valence-electron chi connectivity index (χ0n) is 35.1. The van der Waals surface area contributed by atoms with Gasteiger partial charge in [0.15, 0.2) is 5.82 Å². The van der Waals surface area contributed by atoms with Crippen LogP contribution < -0.4 is 19.7 Å². The van der Waals surface area contributed by atoms with Crippen molar-refractivity contribution in [2.75, 3.05) is 62.5 Å². The number of rotatable bonds is 13. The zero-order chi connectivity index (χ0) is 44.9. The van der Waals surface area contributed by atoms with Crippen LogP contribution in [0.25, 0.3) is 22.2 Å². The molecule has 0 aliphatic carbocycles. The number of H-pyrrole nitrogens is 1. The Bertz CT molecular complexity index is 2790. The first-order chi connectivity index (χ1) is 30.8. The molecule has 0 radical (unpaired) electrons. The average molecular weight is 897 g/mol. The number of piperazine rings is 1. The van der Waals surface area contributed by atoms with Crippen molar-refractivity contribution in [2.24, 2.45) is 0 Å². The van der Waals surface area contributed by atoms with Gasteiger partial charge >= 0.3 is 10.2 Å². The van der Waals surface area contributed by atoms with Crippen molar-refractivity contribution >= 4 is 50.2 Å². The number of alkyl halides is 1. The number of carbonyl (C=O) groups excluding carboxylic acids is 3. The third-order valence-corrected chi connectivity index (χ3v) is 14.1. The Labute approximate surface area is 368 Å². The third-order valence-electron chi connectivity index (χ3n) is 12.6. The molecule has 334 valence electrons. The van der Waals surface area contributed by atoms with Crippen LogP contribution in [0, 0.1) is 11.6 Å². The number of fused-ring (bicyclic) bond motifs is 2. The van der Waals surface area contributed by atoms with Crippen LogP contribution in [0.5, 0.6) is 5.75 Å². The fraction of sp³-hybridized carbons (Fsp3) is 0.348. The molecule has 5 aromatic rings. The number of ketones is 1. The summed E-state index contributed by atoms with van der Waals surface area (Å²) in [5.41, 5.74) is 4.41. The van der Waals surface area contributed by atoms with Crippen molar-refractivity contribution in [2.45, 2.75) is 50.9 Å². The second-order valence-corrected chi connectivity index (χ2v) is 18.3. The van der Waals surface area contributed by atoms with E-state index in [4.69, 9.17) is 4.74 Å². The molecule has 3 saturated heterocycles. The number of halogens is 3. The summed E-state index contributed by atoms with van der Waals surface area (Å²) in [4.78, 5) is 53.6. The minimum Gasteiger partial charge on any atom is -0.496 e. The van der Waals surface area contributed by atoms with E-state index < -0.39 is 51.1 Å². The molecule has 2 aromatic heterocycles. The normalized spacial score (nSPS) is 19.7. The predicted octanol–water partition coefficient (Wildman–Crippen LogP) is 5.95. The number of allylic oxidation sites excluding steroid dienone is 1. The van der Waals surface area contributed by atoms with E-state index in [2.05, 4.69) is 37.7 Å². The van der Waals surface area contributed by atoms with Gasteiger partial charge in [0, 0.05) is 92.2 Å². The lowest BCUT2D eigenvalue weighted by molar-refractivity contribution is -0.126.